The SMILES string of the molecule is Cc1cc(=O)cc(-c2cccc3c2Sc2ccccc2S3)o1. The van der Waals surface area contributed by atoms with Crippen molar-refractivity contribution in [2.24, 2.45) is 0 Å². The highest BCUT2D eigenvalue weighted by molar-refractivity contribution is 8.05. The van der Waals surface area contributed by atoms with Crippen LogP contribution in [0.3, 0.4) is 0 Å². The molecule has 0 saturated heterocycles. The molecule has 1 aliphatic rings. The summed E-state index contributed by atoms with van der Waals surface area (Å²) in [5, 5.41) is 0. The zero-order chi connectivity index (χ0) is 15.1. The Kier molecular flexibility index (Phi) is 3.36. The van der Waals surface area contributed by atoms with E-state index in [2.05, 4.69) is 24.3 Å². The number of hydrogen-bond acceptors (Lipinski definition) is 4. The minimum Gasteiger partial charge on any atom is -0.461 e. The normalized spacial score (nSPS) is 12.6. The largest absolute Gasteiger partial charge is 0.461 e. The van der Waals surface area contributed by atoms with Crippen LogP contribution < -0.4 is 5.43 Å². The van der Waals surface area contributed by atoms with Gasteiger partial charge in [-0.1, -0.05) is 47.8 Å². The van der Waals surface area contributed by atoms with Crippen LogP contribution in [0, 0.1) is 6.92 Å². The molecule has 0 atom stereocenters. The first-order chi connectivity index (χ1) is 10.7. The van der Waals surface area contributed by atoms with Crippen molar-refractivity contribution < 1.29 is 4.42 Å². The van der Waals surface area contributed by atoms with E-state index in [-0.39, 0.29) is 5.43 Å². The van der Waals surface area contributed by atoms with Crippen LogP contribution >= 0.6 is 23.5 Å². The van der Waals surface area contributed by atoms with E-state index >= 15 is 0 Å². The molecular formula is C18H12O2S2. The van der Waals surface area contributed by atoms with E-state index in [1.54, 1.807) is 36.5 Å². The van der Waals surface area contributed by atoms with Crippen LogP contribution in [0.25, 0.3) is 11.3 Å². The average molecular weight is 324 g/mol. The number of hydrogen-bond donors (Lipinski definition) is 0. The molecule has 2 heterocycles. The van der Waals surface area contributed by atoms with Crippen LogP contribution in [0.1, 0.15) is 5.76 Å². The van der Waals surface area contributed by atoms with Gasteiger partial charge < -0.3 is 4.42 Å². The quantitative estimate of drug-likeness (QED) is 0.479. The molecule has 22 heavy (non-hydrogen) atoms. The van der Waals surface area contributed by atoms with Crippen LogP contribution in [0.5, 0.6) is 0 Å². The Labute approximate surface area is 136 Å². The van der Waals surface area contributed by atoms with Crippen molar-refractivity contribution in [3.05, 3.63) is 70.6 Å². The molecule has 4 heteroatoms. The highest BCUT2D eigenvalue weighted by Gasteiger charge is 2.21. The minimum absolute atomic E-state index is 0.0229. The van der Waals surface area contributed by atoms with Gasteiger partial charge in [0.05, 0.1) is 0 Å². The van der Waals surface area contributed by atoms with Gasteiger partial charge in [0.1, 0.15) is 11.5 Å². The van der Waals surface area contributed by atoms with Gasteiger partial charge in [0.15, 0.2) is 5.43 Å². The van der Waals surface area contributed by atoms with Crippen molar-refractivity contribution in [1.82, 2.24) is 0 Å². The topological polar surface area (TPSA) is 30.2 Å². The zero-order valence-electron chi connectivity index (χ0n) is 11.8. The average Bonchev–Trinajstić information content (AvgIpc) is 2.51. The maximum atomic E-state index is 11.8. The predicted molar refractivity (Wildman–Crippen MR) is 89.8 cm³/mol. The molecule has 4 rings (SSSR count). The van der Waals surface area contributed by atoms with Crippen molar-refractivity contribution in [3.63, 3.8) is 0 Å². The number of fused-ring (bicyclic) bond motifs is 2. The fourth-order valence-corrected chi connectivity index (χ4v) is 4.86. The lowest BCUT2D eigenvalue weighted by atomic mass is 10.1. The Balaban J connectivity index is 1.89. The summed E-state index contributed by atoms with van der Waals surface area (Å²) in [6.07, 6.45) is 0. The van der Waals surface area contributed by atoms with E-state index in [9.17, 15) is 4.79 Å². The number of benzene rings is 2. The fraction of sp³-hybridized carbons (Fsp3) is 0.0556. The lowest BCUT2D eigenvalue weighted by Crippen LogP contribution is -1.99. The van der Waals surface area contributed by atoms with Gasteiger partial charge in [-0.25, -0.2) is 0 Å². The second kappa shape index (κ2) is 5.38. The fourth-order valence-electron chi connectivity index (χ4n) is 2.48. The summed E-state index contributed by atoms with van der Waals surface area (Å²) in [7, 11) is 0. The van der Waals surface area contributed by atoms with Gasteiger partial charge in [0, 0.05) is 37.3 Å². The Morgan fingerprint density at radius 3 is 2.36 bits per heavy atom. The van der Waals surface area contributed by atoms with E-state index in [1.165, 1.54) is 20.8 Å². The molecule has 2 aromatic carbocycles. The highest BCUT2D eigenvalue weighted by atomic mass is 32.2. The maximum Gasteiger partial charge on any atom is 0.185 e. The monoisotopic (exact) mass is 324 g/mol. The van der Waals surface area contributed by atoms with Crippen molar-refractivity contribution in [2.45, 2.75) is 26.5 Å². The minimum atomic E-state index is -0.0229. The summed E-state index contributed by atoms with van der Waals surface area (Å²) in [6.45, 7) is 1.80. The first-order valence-electron chi connectivity index (χ1n) is 6.90. The van der Waals surface area contributed by atoms with Crippen LogP contribution in [-0.4, -0.2) is 0 Å². The molecule has 2 nitrogen and oxygen atoms in total. The van der Waals surface area contributed by atoms with Gasteiger partial charge in [-0.3, -0.25) is 4.79 Å². The zero-order valence-corrected chi connectivity index (χ0v) is 13.5. The van der Waals surface area contributed by atoms with E-state index in [1.807, 2.05) is 18.2 Å². The molecule has 1 aliphatic heterocycles. The van der Waals surface area contributed by atoms with Crippen molar-refractivity contribution in [1.29, 1.82) is 0 Å². The third-order valence-corrected chi connectivity index (χ3v) is 6.03. The Morgan fingerprint density at radius 2 is 1.59 bits per heavy atom. The molecule has 1 aromatic heterocycles. The summed E-state index contributed by atoms with van der Waals surface area (Å²) >= 11 is 3.49. The van der Waals surface area contributed by atoms with Gasteiger partial charge in [0.2, 0.25) is 0 Å². The first-order valence-corrected chi connectivity index (χ1v) is 8.54. The summed E-state index contributed by atoms with van der Waals surface area (Å²) in [5.74, 6) is 1.27. The summed E-state index contributed by atoms with van der Waals surface area (Å²) in [4.78, 5) is 16.6. The summed E-state index contributed by atoms with van der Waals surface area (Å²) < 4.78 is 5.78. The molecule has 0 unspecified atom stereocenters. The molecule has 0 saturated carbocycles. The second-order valence-corrected chi connectivity index (χ2v) is 7.19. The van der Waals surface area contributed by atoms with Crippen LogP contribution in [0.15, 0.2) is 83.4 Å². The van der Waals surface area contributed by atoms with Gasteiger partial charge >= 0.3 is 0 Å². The first kappa shape index (κ1) is 13.7. The molecular weight excluding hydrogens is 312 g/mol. The smallest absolute Gasteiger partial charge is 0.185 e. The van der Waals surface area contributed by atoms with Gasteiger partial charge in [-0.15, -0.1) is 0 Å². The van der Waals surface area contributed by atoms with E-state index in [0.29, 0.717) is 11.5 Å². The molecule has 0 spiro atoms. The van der Waals surface area contributed by atoms with E-state index < -0.39 is 0 Å². The molecule has 0 fully saturated rings. The van der Waals surface area contributed by atoms with E-state index in [0.717, 1.165) is 10.5 Å². The molecule has 3 aromatic rings. The van der Waals surface area contributed by atoms with Crippen molar-refractivity contribution in [2.75, 3.05) is 0 Å². The van der Waals surface area contributed by atoms with Crippen molar-refractivity contribution >= 4 is 23.5 Å². The van der Waals surface area contributed by atoms with E-state index in [4.69, 9.17) is 4.42 Å². The Hall–Kier alpha value is -1.91. The Morgan fingerprint density at radius 1 is 0.864 bits per heavy atom. The third-order valence-electron chi connectivity index (χ3n) is 3.42. The molecule has 0 amide bonds. The number of rotatable bonds is 1. The van der Waals surface area contributed by atoms with Crippen LogP contribution in [0.4, 0.5) is 0 Å². The highest BCUT2D eigenvalue weighted by Crippen LogP contribution is 2.51. The standard InChI is InChI=1S/C18H12O2S2/c1-11-9-12(19)10-14(20-11)13-5-4-8-17-18(13)22-16-7-3-2-6-15(16)21-17/h2-10H,1H3. The maximum absolute atomic E-state index is 11.8. The van der Waals surface area contributed by atoms with Crippen LogP contribution in [-0.2, 0) is 0 Å². The molecule has 0 bridgehead atoms. The molecule has 0 aliphatic carbocycles. The molecule has 0 N–H and O–H groups in total. The molecule has 0 radical (unpaired) electrons. The number of aryl methyl sites for hydroxylation is 1. The third kappa shape index (κ3) is 2.38. The van der Waals surface area contributed by atoms with Gasteiger partial charge in [0.25, 0.3) is 0 Å². The van der Waals surface area contributed by atoms with Gasteiger partial charge in [-0.05, 0) is 25.1 Å². The lowest BCUT2D eigenvalue weighted by molar-refractivity contribution is 0.528. The predicted octanol–water partition coefficient (Wildman–Crippen LogP) is 5.23. The van der Waals surface area contributed by atoms with Gasteiger partial charge in [-0.2, -0.15) is 0 Å². The second-order valence-electron chi connectivity index (χ2n) is 5.05. The lowest BCUT2D eigenvalue weighted by Gasteiger charge is -2.20. The van der Waals surface area contributed by atoms with Crippen molar-refractivity contribution in [3.8, 4) is 11.3 Å². The Bertz CT molecular complexity index is 928. The molecule has 108 valence electrons. The summed E-state index contributed by atoms with van der Waals surface area (Å²) in [5.41, 5.74) is 0.954. The van der Waals surface area contributed by atoms with Crippen LogP contribution in [0.2, 0.25) is 0 Å². The summed E-state index contributed by atoms with van der Waals surface area (Å²) in [6, 6.07) is 17.6.